The summed E-state index contributed by atoms with van der Waals surface area (Å²) in [4.78, 5) is 6.88. The van der Waals surface area contributed by atoms with Gasteiger partial charge in [-0.2, -0.15) is 0 Å². The number of rotatable bonds is 5. The van der Waals surface area contributed by atoms with E-state index >= 15 is 0 Å². The number of aryl methyl sites for hydroxylation is 1. The Morgan fingerprint density at radius 1 is 1.12 bits per heavy atom. The molecule has 0 saturated heterocycles. The van der Waals surface area contributed by atoms with Gasteiger partial charge in [-0.15, -0.1) is 0 Å². The average molecular weight is 453 g/mol. The molecule has 1 heterocycles. The molecule has 0 spiro atoms. The minimum atomic E-state index is 0.771. The number of para-hydroxylation sites is 1. The monoisotopic (exact) mass is 451 g/mol. The van der Waals surface area contributed by atoms with Crippen molar-refractivity contribution in [2.24, 2.45) is 0 Å². The number of hydrogen-bond acceptors (Lipinski definition) is 3. The lowest BCUT2D eigenvalue weighted by atomic mass is 10.3. The van der Waals surface area contributed by atoms with E-state index in [2.05, 4.69) is 68.4 Å². The van der Waals surface area contributed by atoms with Crippen LogP contribution >= 0.6 is 31.9 Å². The quantitative estimate of drug-likeness (QED) is 0.516. The molecule has 6 heteroatoms. The Bertz CT molecular complexity index is 854. The molecule has 0 atom stereocenters. The number of fused-ring (bicyclic) bond motifs is 1. The molecule has 0 fully saturated rings. The van der Waals surface area contributed by atoms with Gasteiger partial charge in [-0.3, -0.25) is 0 Å². The van der Waals surface area contributed by atoms with Gasteiger partial charge in [0, 0.05) is 12.6 Å². The first-order valence-electron chi connectivity index (χ1n) is 7.75. The molecule has 4 nitrogen and oxygen atoms in total. The van der Waals surface area contributed by atoms with Gasteiger partial charge in [0.1, 0.15) is 11.6 Å². The zero-order valence-corrected chi connectivity index (χ0v) is 17.1. The molecule has 0 bridgehead atoms. The third kappa shape index (κ3) is 3.50. The zero-order valence-electron chi connectivity index (χ0n) is 13.9. The summed E-state index contributed by atoms with van der Waals surface area (Å²) in [5, 5.41) is 0. The van der Waals surface area contributed by atoms with E-state index in [4.69, 9.17) is 9.72 Å². The van der Waals surface area contributed by atoms with E-state index in [9.17, 15) is 0 Å². The SMILES string of the molecule is CCn1c(CN(C)C)nc2ccc(Oc3c(Br)cccc3Br)cc21. The maximum absolute atomic E-state index is 6.09. The highest BCUT2D eigenvalue weighted by Crippen LogP contribution is 2.37. The van der Waals surface area contributed by atoms with Crippen molar-refractivity contribution in [1.29, 1.82) is 0 Å². The number of benzene rings is 2. The molecule has 0 radical (unpaired) electrons. The van der Waals surface area contributed by atoms with E-state index < -0.39 is 0 Å². The van der Waals surface area contributed by atoms with Gasteiger partial charge in [-0.05, 0) is 77.1 Å². The van der Waals surface area contributed by atoms with E-state index in [1.807, 2.05) is 30.3 Å². The summed E-state index contributed by atoms with van der Waals surface area (Å²) in [5.74, 6) is 2.63. The lowest BCUT2D eigenvalue weighted by Crippen LogP contribution is -2.15. The molecule has 0 saturated carbocycles. The van der Waals surface area contributed by atoms with E-state index in [1.54, 1.807) is 0 Å². The highest BCUT2D eigenvalue weighted by molar-refractivity contribution is 9.11. The van der Waals surface area contributed by atoms with Crippen LogP contribution in [0, 0.1) is 0 Å². The predicted octanol–water partition coefficient (Wildman–Crippen LogP) is 5.44. The summed E-state index contributed by atoms with van der Waals surface area (Å²) in [7, 11) is 4.11. The number of nitrogens with zero attached hydrogens (tertiary/aromatic N) is 3. The summed E-state index contributed by atoms with van der Waals surface area (Å²) in [6, 6.07) is 11.9. The third-order valence-electron chi connectivity index (χ3n) is 3.71. The summed E-state index contributed by atoms with van der Waals surface area (Å²) in [5.41, 5.74) is 2.09. The topological polar surface area (TPSA) is 30.3 Å². The molecule has 0 aliphatic carbocycles. The molecular weight excluding hydrogens is 434 g/mol. The molecule has 2 aromatic carbocycles. The van der Waals surface area contributed by atoms with Crippen LogP contribution in [0.3, 0.4) is 0 Å². The van der Waals surface area contributed by atoms with Crippen LogP contribution in [0.5, 0.6) is 11.5 Å². The van der Waals surface area contributed by atoms with Gasteiger partial charge < -0.3 is 14.2 Å². The number of halogens is 2. The predicted molar refractivity (Wildman–Crippen MR) is 105 cm³/mol. The van der Waals surface area contributed by atoms with Crippen LogP contribution in [-0.2, 0) is 13.1 Å². The van der Waals surface area contributed by atoms with Crippen molar-refractivity contribution in [3.8, 4) is 11.5 Å². The smallest absolute Gasteiger partial charge is 0.155 e. The van der Waals surface area contributed by atoms with E-state index in [-0.39, 0.29) is 0 Å². The minimum absolute atomic E-state index is 0.771. The highest BCUT2D eigenvalue weighted by atomic mass is 79.9. The molecule has 0 aliphatic heterocycles. The Morgan fingerprint density at radius 3 is 2.46 bits per heavy atom. The van der Waals surface area contributed by atoms with Gasteiger partial charge in [0.15, 0.2) is 5.75 Å². The number of hydrogen-bond donors (Lipinski definition) is 0. The molecular formula is C18H19Br2N3O. The molecule has 1 aromatic heterocycles. The second-order valence-corrected chi connectivity index (χ2v) is 7.52. The van der Waals surface area contributed by atoms with Gasteiger partial charge in [0.2, 0.25) is 0 Å². The van der Waals surface area contributed by atoms with Gasteiger partial charge in [0.05, 0.1) is 26.5 Å². The van der Waals surface area contributed by atoms with Gasteiger partial charge in [-0.25, -0.2) is 4.98 Å². The molecule has 0 aliphatic rings. The number of imidazole rings is 1. The standard InChI is InChI=1S/C18H19Br2N3O/c1-4-23-16-10-12(24-18-13(19)6-5-7-14(18)20)8-9-15(16)21-17(23)11-22(2)3/h5-10H,4,11H2,1-3H3. The summed E-state index contributed by atoms with van der Waals surface area (Å²) in [6.45, 7) is 3.83. The first kappa shape index (κ1) is 17.5. The van der Waals surface area contributed by atoms with Crippen LogP contribution in [0.1, 0.15) is 12.7 Å². The number of ether oxygens (including phenoxy) is 1. The number of aromatic nitrogens is 2. The molecule has 0 N–H and O–H groups in total. The van der Waals surface area contributed by atoms with Gasteiger partial charge in [0.25, 0.3) is 0 Å². The van der Waals surface area contributed by atoms with Crippen molar-refractivity contribution in [3.63, 3.8) is 0 Å². The average Bonchev–Trinajstić information content (AvgIpc) is 2.86. The first-order valence-corrected chi connectivity index (χ1v) is 9.34. The van der Waals surface area contributed by atoms with Crippen LogP contribution in [0.2, 0.25) is 0 Å². The lowest BCUT2D eigenvalue weighted by molar-refractivity contribution is 0.383. The molecule has 126 valence electrons. The van der Waals surface area contributed by atoms with Crippen molar-refractivity contribution in [2.45, 2.75) is 20.0 Å². The van der Waals surface area contributed by atoms with Crippen molar-refractivity contribution in [3.05, 3.63) is 51.2 Å². The summed E-state index contributed by atoms with van der Waals surface area (Å²) >= 11 is 7.07. The Balaban J connectivity index is 2.02. The van der Waals surface area contributed by atoms with Crippen LogP contribution in [-0.4, -0.2) is 28.5 Å². The fraction of sp³-hybridized carbons (Fsp3) is 0.278. The molecule has 0 unspecified atom stereocenters. The fourth-order valence-electron chi connectivity index (χ4n) is 2.67. The van der Waals surface area contributed by atoms with E-state index in [1.165, 1.54) is 0 Å². The maximum atomic E-state index is 6.09. The lowest BCUT2D eigenvalue weighted by Gasteiger charge is -2.12. The summed E-state index contributed by atoms with van der Waals surface area (Å²) in [6.07, 6.45) is 0. The van der Waals surface area contributed by atoms with Gasteiger partial charge >= 0.3 is 0 Å². The Kier molecular flexibility index (Phi) is 5.27. The van der Waals surface area contributed by atoms with Crippen molar-refractivity contribution in [2.75, 3.05) is 14.1 Å². The molecule has 3 rings (SSSR count). The molecule has 0 amide bonds. The van der Waals surface area contributed by atoms with E-state index in [0.29, 0.717) is 0 Å². The van der Waals surface area contributed by atoms with Crippen molar-refractivity contribution < 1.29 is 4.74 Å². The van der Waals surface area contributed by atoms with E-state index in [0.717, 1.165) is 50.4 Å². The Labute approximate surface area is 158 Å². The third-order valence-corrected chi connectivity index (χ3v) is 4.96. The maximum Gasteiger partial charge on any atom is 0.155 e. The second kappa shape index (κ2) is 7.25. The molecule has 24 heavy (non-hydrogen) atoms. The summed E-state index contributed by atoms with van der Waals surface area (Å²) < 4.78 is 10.1. The first-order chi connectivity index (χ1) is 11.5. The zero-order chi connectivity index (χ0) is 17.3. The fourth-order valence-corrected chi connectivity index (χ4v) is 3.83. The van der Waals surface area contributed by atoms with Crippen LogP contribution in [0.4, 0.5) is 0 Å². The largest absolute Gasteiger partial charge is 0.455 e. The Hall–Kier alpha value is -1.37. The van der Waals surface area contributed by atoms with Crippen LogP contribution in [0.15, 0.2) is 45.3 Å². The van der Waals surface area contributed by atoms with Crippen molar-refractivity contribution in [1.82, 2.24) is 14.5 Å². The highest BCUT2D eigenvalue weighted by Gasteiger charge is 2.13. The molecule has 3 aromatic rings. The van der Waals surface area contributed by atoms with Crippen LogP contribution < -0.4 is 4.74 Å². The van der Waals surface area contributed by atoms with Gasteiger partial charge in [-0.1, -0.05) is 6.07 Å². The Morgan fingerprint density at radius 2 is 1.83 bits per heavy atom. The second-order valence-electron chi connectivity index (χ2n) is 5.81. The normalized spacial score (nSPS) is 11.4. The van der Waals surface area contributed by atoms with Crippen molar-refractivity contribution >= 4 is 42.9 Å². The van der Waals surface area contributed by atoms with Crippen LogP contribution in [0.25, 0.3) is 11.0 Å². The minimum Gasteiger partial charge on any atom is -0.455 e.